The molecule has 0 aromatic carbocycles. The highest BCUT2D eigenvalue weighted by atomic mass is 35.5. The van der Waals surface area contributed by atoms with Crippen LogP contribution in [0.15, 0.2) is 10.6 Å². The third-order valence-electron chi connectivity index (χ3n) is 1.71. The van der Waals surface area contributed by atoms with E-state index in [9.17, 15) is 5.11 Å². The van der Waals surface area contributed by atoms with E-state index < -0.39 is 5.60 Å². The second-order valence-electron chi connectivity index (χ2n) is 3.41. The first-order chi connectivity index (χ1) is 6.02. The zero-order valence-corrected chi connectivity index (χ0v) is 9.62. The first kappa shape index (κ1) is 13.2. The Hall–Kier alpha value is 0.240. The highest BCUT2D eigenvalue weighted by molar-refractivity contribution is 6.36. The van der Waals surface area contributed by atoms with Gasteiger partial charge in [0.15, 0.2) is 0 Å². The van der Waals surface area contributed by atoms with Crippen LogP contribution in [-0.4, -0.2) is 23.8 Å². The molecule has 0 saturated carbocycles. The molecule has 0 aromatic heterocycles. The average Bonchev–Trinajstić information content (AvgIpc) is 2.03. The maximum absolute atomic E-state index is 9.74. The molecule has 0 aliphatic heterocycles. The van der Waals surface area contributed by atoms with Gasteiger partial charge < -0.3 is 10.4 Å². The van der Waals surface area contributed by atoms with Gasteiger partial charge in [-0.25, -0.2) is 0 Å². The van der Waals surface area contributed by atoms with Crippen LogP contribution in [0.1, 0.15) is 26.7 Å². The van der Waals surface area contributed by atoms with Crippen LogP contribution in [0.2, 0.25) is 0 Å². The van der Waals surface area contributed by atoms with Crippen molar-refractivity contribution in [2.75, 3.05) is 13.1 Å². The van der Waals surface area contributed by atoms with Crippen molar-refractivity contribution in [1.29, 1.82) is 0 Å². The van der Waals surface area contributed by atoms with Gasteiger partial charge in [-0.2, -0.15) is 0 Å². The summed E-state index contributed by atoms with van der Waals surface area (Å²) in [6.07, 6.45) is 1.75. The van der Waals surface area contributed by atoms with E-state index in [-0.39, 0.29) is 0 Å². The summed E-state index contributed by atoms with van der Waals surface area (Å²) in [6, 6.07) is 0. The lowest BCUT2D eigenvalue weighted by Gasteiger charge is -2.22. The monoisotopic (exact) mass is 225 g/mol. The number of rotatable bonds is 6. The molecule has 0 fully saturated rings. The van der Waals surface area contributed by atoms with E-state index >= 15 is 0 Å². The smallest absolute Gasteiger partial charge is 0.0743 e. The predicted octanol–water partition coefficient (Wildman–Crippen LogP) is 2.45. The standard InChI is InChI=1S/C9H17Cl2NO/c1-3-4-9(2,13)7-12-6-8(11)5-10/h5,12-13H,3-4,6-7H2,1-2H3. The molecule has 0 saturated heterocycles. The van der Waals surface area contributed by atoms with Gasteiger partial charge in [-0.15, -0.1) is 0 Å². The molecule has 0 bridgehead atoms. The second-order valence-corrected chi connectivity index (χ2v) is 4.11. The number of hydrogen-bond acceptors (Lipinski definition) is 2. The largest absolute Gasteiger partial charge is 0.389 e. The van der Waals surface area contributed by atoms with Crippen molar-refractivity contribution in [3.05, 3.63) is 10.6 Å². The molecule has 2 nitrogen and oxygen atoms in total. The third-order valence-corrected chi connectivity index (χ3v) is 2.32. The van der Waals surface area contributed by atoms with Gasteiger partial charge in [0.05, 0.1) is 5.60 Å². The van der Waals surface area contributed by atoms with Crippen molar-refractivity contribution >= 4 is 23.2 Å². The van der Waals surface area contributed by atoms with E-state index in [1.807, 2.05) is 13.8 Å². The second kappa shape index (κ2) is 6.66. The topological polar surface area (TPSA) is 32.3 Å². The summed E-state index contributed by atoms with van der Waals surface area (Å²) in [5.41, 5.74) is 0.668. The summed E-state index contributed by atoms with van der Waals surface area (Å²) < 4.78 is 0. The Morgan fingerprint density at radius 1 is 1.62 bits per heavy atom. The zero-order chi connectivity index (χ0) is 10.3. The predicted molar refractivity (Wildman–Crippen MR) is 58.2 cm³/mol. The van der Waals surface area contributed by atoms with Gasteiger partial charge in [-0.1, -0.05) is 36.5 Å². The molecule has 78 valence electrons. The molecule has 0 aliphatic rings. The van der Waals surface area contributed by atoms with Crippen molar-refractivity contribution in [3.63, 3.8) is 0 Å². The van der Waals surface area contributed by atoms with Gasteiger partial charge in [-0.05, 0) is 13.3 Å². The Balaban J connectivity index is 3.63. The number of halogens is 2. The maximum atomic E-state index is 9.74. The highest BCUT2D eigenvalue weighted by Gasteiger charge is 2.17. The highest BCUT2D eigenvalue weighted by Crippen LogP contribution is 2.10. The van der Waals surface area contributed by atoms with Crippen LogP contribution in [0.4, 0.5) is 0 Å². The minimum absolute atomic E-state index is 0.505. The SMILES string of the molecule is CCCC(C)(O)CNCC(Cl)=CCl. The third kappa shape index (κ3) is 7.32. The van der Waals surface area contributed by atoms with Gasteiger partial charge >= 0.3 is 0 Å². The van der Waals surface area contributed by atoms with Gasteiger partial charge in [0.1, 0.15) is 0 Å². The lowest BCUT2D eigenvalue weighted by atomic mass is 10.0. The molecular weight excluding hydrogens is 209 g/mol. The normalized spacial score (nSPS) is 17.2. The Kier molecular flexibility index (Phi) is 6.78. The van der Waals surface area contributed by atoms with Crippen LogP contribution >= 0.6 is 23.2 Å². The molecule has 0 aliphatic carbocycles. The van der Waals surface area contributed by atoms with Crippen molar-refractivity contribution in [3.8, 4) is 0 Å². The zero-order valence-electron chi connectivity index (χ0n) is 8.11. The fourth-order valence-corrected chi connectivity index (χ4v) is 1.29. The Labute approximate surface area is 89.9 Å². The maximum Gasteiger partial charge on any atom is 0.0743 e. The molecule has 2 N–H and O–H groups in total. The molecular formula is C9H17Cl2NO. The van der Waals surface area contributed by atoms with Crippen molar-refractivity contribution in [1.82, 2.24) is 5.32 Å². The number of nitrogens with one attached hydrogen (secondary N) is 1. The fraction of sp³-hybridized carbons (Fsp3) is 0.778. The van der Waals surface area contributed by atoms with Gasteiger partial charge in [-0.3, -0.25) is 0 Å². The molecule has 1 atom stereocenters. The minimum atomic E-state index is -0.655. The first-order valence-corrected chi connectivity index (χ1v) is 5.21. The molecule has 0 rings (SSSR count). The molecule has 0 spiro atoms. The van der Waals surface area contributed by atoms with Gasteiger partial charge in [0.25, 0.3) is 0 Å². The molecule has 0 radical (unpaired) electrons. The number of aliphatic hydroxyl groups is 1. The Bertz CT molecular complexity index is 169. The summed E-state index contributed by atoms with van der Waals surface area (Å²) in [4.78, 5) is 0. The van der Waals surface area contributed by atoms with E-state index in [0.717, 1.165) is 12.8 Å². The summed E-state index contributed by atoms with van der Waals surface area (Å²) in [7, 11) is 0. The lowest BCUT2D eigenvalue weighted by molar-refractivity contribution is 0.0510. The van der Waals surface area contributed by atoms with Gasteiger partial charge in [0, 0.05) is 23.7 Å². The molecule has 0 aromatic rings. The summed E-state index contributed by atoms with van der Waals surface area (Å²) in [6.45, 7) is 4.88. The van der Waals surface area contributed by atoms with Crippen molar-refractivity contribution < 1.29 is 5.11 Å². The van der Waals surface area contributed by atoms with E-state index in [1.54, 1.807) is 0 Å². The molecule has 4 heteroatoms. The molecule has 1 unspecified atom stereocenters. The average molecular weight is 226 g/mol. The quantitative estimate of drug-likeness (QED) is 0.729. The fourth-order valence-electron chi connectivity index (χ4n) is 1.12. The van der Waals surface area contributed by atoms with Crippen LogP contribution in [0.3, 0.4) is 0 Å². The summed E-state index contributed by atoms with van der Waals surface area (Å²) >= 11 is 11.0. The molecule has 0 amide bonds. The molecule has 13 heavy (non-hydrogen) atoms. The summed E-state index contributed by atoms with van der Waals surface area (Å²) in [5, 5.41) is 13.3. The first-order valence-electron chi connectivity index (χ1n) is 4.39. The van der Waals surface area contributed by atoms with Gasteiger partial charge in [0.2, 0.25) is 0 Å². The van der Waals surface area contributed by atoms with E-state index in [2.05, 4.69) is 5.32 Å². The molecule has 0 heterocycles. The van der Waals surface area contributed by atoms with Crippen molar-refractivity contribution in [2.24, 2.45) is 0 Å². The lowest BCUT2D eigenvalue weighted by Crippen LogP contribution is -2.38. The van der Waals surface area contributed by atoms with Crippen LogP contribution in [0.5, 0.6) is 0 Å². The Morgan fingerprint density at radius 2 is 2.23 bits per heavy atom. The van der Waals surface area contributed by atoms with Crippen LogP contribution in [-0.2, 0) is 0 Å². The summed E-state index contributed by atoms with van der Waals surface area (Å²) in [5.74, 6) is 0. The minimum Gasteiger partial charge on any atom is -0.389 e. The van der Waals surface area contributed by atoms with E-state index in [4.69, 9.17) is 23.2 Å². The van der Waals surface area contributed by atoms with Crippen LogP contribution in [0, 0.1) is 0 Å². The Morgan fingerprint density at radius 3 is 2.69 bits per heavy atom. The van der Waals surface area contributed by atoms with Crippen LogP contribution in [0.25, 0.3) is 0 Å². The van der Waals surface area contributed by atoms with E-state index in [1.165, 1.54) is 5.54 Å². The number of hydrogen-bond donors (Lipinski definition) is 2. The van der Waals surface area contributed by atoms with E-state index in [0.29, 0.717) is 18.1 Å². The van der Waals surface area contributed by atoms with Crippen molar-refractivity contribution in [2.45, 2.75) is 32.3 Å². The van der Waals surface area contributed by atoms with Crippen LogP contribution < -0.4 is 5.32 Å².